The molecule has 0 spiro atoms. The lowest BCUT2D eigenvalue weighted by molar-refractivity contribution is -0.120. The number of nitrogens with one attached hydrogen (secondary N) is 1. The topological polar surface area (TPSA) is 77.0 Å². The maximum atomic E-state index is 12.1. The van der Waals surface area contributed by atoms with Crippen LogP contribution in [0.5, 0.6) is 0 Å². The number of aryl methyl sites for hydroxylation is 2. The van der Waals surface area contributed by atoms with Gasteiger partial charge in [-0.25, -0.2) is 4.79 Å². The average molecular weight is 374 g/mol. The van der Waals surface area contributed by atoms with Crippen LogP contribution in [0.25, 0.3) is 0 Å². The molecule has 1 N–H and O–H groups in total. The van der Waals surface area contributed by atoms with E-state index in [4.69, 9.17) is 9.57 Å². The fourth-order valence-electron chi connectivity index (χ4n) is 2.15. The van der Waals surface area contributed by atoms with Crippen molar-refractivity contribution in [2.75, 3.05) is 18.5 Å². The zero-order valence-electron chi connectivity index (χ0n) is 15.1. The maximum Gasteiger partial charge on any atom is 0.341 e. The van der Waals surface area contributed by atoms with Gasteiger partial charge in [0, 0.05) is 4.88 Å². The number of carbonyl (C=O) groups excluding carboxylic acids is 2. The molecule has 0 aliphatic rings. The number of nitrogens with zero attached hydrogens (tertiary/aromatic N) is 1. The number of benzene rings is 1. The molecule has 0 aliphatic heterocycles. The highest BCUT2D eigenvalue weighted by Crippen LogP contribution is 2.29. The number of carbonyl (C=O) groups is 2. The van der Waals surface area contributed by atoms with Crippen molar-refractivity contribution in [1.29, 1.82) is 0 Å². The molecule has 1 amide bonds. The lowest BCUT2D eigenvalue weighted by atomic mass is 10.1. The molecule has 1 aromatic carbocycles. The lowest BCUT2D eigenvalue weighted by Gasteiger charge is -2.05. The van der Waals surface area contributed by atoms with Gasteiger partial charge in [-0.2, -0.15) is 0 Å². The number of anilines is 1. The van der Waals surface area contributed by atoms with Crippen LogP contribution in [0.1, 0.15) is 40.2 Å². The number of hydrogen-bond acceptors (Lipinski definition) is 6. The molecule has 0 radical (unpaired) electrons. The highest BCUT2D eigenvalue weighted by molar-refractivity contribution is 7.16. The highest BCUT2D eigenvalue weighted by Gasteiger charge is 2.18. The minimum Gasteiger partial charge on any atom is -0.462 e. The number of ether oxygens (including phenoxy) is 1. The molecule has 0 atom stereocenters. The van der Waals surface area contributed by atoms with E-state index >= 15 is 0 Å². The van der Waals surface area contributed by atoms with Crippen LogP contribution in [0.2, 0.25) is 0 Å². The van der Waals surface area contributed by atoms with E-state index in [1.54, 1.807) is 19.2 Å². The fourth-order valence-corrected chi connectivity index (χ4v) is 3.15. The van der Waals surface area contributed by atoms with Crippen molar-refractivity contribution < 1.29 is 19.2 Å². The monoisotopic (exact) mass is 374 g/mol. The Hall–Kier alpha value is -2.67. The Morgan fingerprint density at radius 1 is 1.27 bits per heavy atom. The zero-order chi connectivity index (χ0) is 18.9. The van der Waals surface area contributed by atoms with Gasteiger partial charge in [-0.05, 0) is 37.5 Å². The normalized spacial score (nSPS) is 10.7. The largest absolute Gasteiger partial charge is 0.462 e. The van der Waals surface area contributed by atoms with E-state index in [-0.39, 0.29) is 19.1 Å². The van der Waals surface area contributed by atoms with Crippen LogP contribution in [0.15, 0.2) is 35.5 Å². The molecule has 6 nitrogen and oxygen atoms in total. The first kappa shape index (κ1) is 19.7. The van der Waals surface area contributed by atoms with E-state index in [9.17, 15) is 9.59 Å². The molecule has 7 heteroatoms. The van der Waals surface area contributed by atoms with Gasteiger partial charge in [-0.3, -0.25) is 4.79 Å². The van der Waals surface area contributed by atoms with E-state index in [0.29, 0.717) is 10.6 Å². The summed E-state index contributed by atoms with van der Waals surface area (Å²) >= 11 is 1.35. The van der Waals surface area contributed by atoms with E-state index in [0.717, 1.165) is 22.4 Å². The zero-order valence-corrected chi connectivity index (χ0v) is 15.9. The third-order valence-electron chi connectivity index (χ3n) is 3.53. The Labute approximate surface area is 156 Å². The van der Waals surface area contributed by atoms with Gasteiger partial charge < -0.3 is 14.9 Å². The molecular weight excluding hydrogens is 352 g/mol. The number of rotatable bonds is 8. The average Bonchev–Trinajstić information content (AvgIpc) is 3.03. The molecule has 0 bridgehead atoms. The van der Waals surface area contributed by atoms with Crippen LogP contribution in [0, 0.1) is 6.92 Å². The summed E-state index contributed by atoms with van der Waals surface area (Å²) in [4.78, 5) is 30.1. The van der Waals surface area contributed by atoms with Crippen molar-refractivity contribution in [3.05, 3.63) is 51.9 Å². The molecular formula is C19H22N2O4S. The highest BCUT2D eigenvalue weighted by atomic mass is 32.1. The SMILES string of the molecule is CCOC(=O)c1cc(CC)sc1NC(=O)CO/N=C\c1ccccc1C. The van der Waals surface area contributed by atoms with E-state index in [1.165, 1.54) is 11.3 Å². The first-order chi connectivity index (χ1) is 12.5. The minimum absolute atomic E-state index is 0.246. The Balaban J connectivity index is 1.94. The molecule has 0 saturated carbocycles. The second-order valence-corrected chi connectivity index (χ2v) is 6.58. The van der Waals surface area contributed by atoms with Gasteiger partial charge in [-0.1, -0.05) is 36.3 Å². The summed E-state index contributed by atoms with van der Waals surface area (Å²) in [6.45, 7) is 5.72. The second-order valence-electron chi connectivity index (χ2n) is 5.44. The van der Waals surface area contributed by atoms with Crippen molar-refractivity contribution in [1.82, 2.24) is 0 Å². The van der Waals surface area contributed by atoms with Gasteiger partial charge in [0.05, 0.1) is 18.4 Å². The van der Waals surface area contributed by atoms with Gasteiger partial charge in [0.15, 0.2) is 6.61 Å². The number of esters is 1. The molecule has 2 rings (SSSR count). The standard InChI is InChI=1S/C19H22N2O4S/c1-4-15-10-16(19(23)24-5-2)18(26-15)21-17(22)12-25-20-11-14-9-7-6-8-13(14)3/h6-11H,4-5,12H2,1-3H3,(H,21,22)/b20-11-. The van der Waals surface area contributed by atoms with Gasteiger partial charge in [0.2, 0.25) is 0 Å². The van der Waals surface area contributed by atoms with Crippen LogP contribution in [-0.2, 0) is 20.8 Å². The molecule has 138 valence electrons. The van der Waals surface area contributed by atoms with E-state index < -0.39 is 5.97 Å². The molecule has 0 unspecified atom stereocenters. The fraction of sp³-hybridized carbons (Fsp3) is 0.316. The molecule has 26 heavy (non-hydrogen) atoms. The summed E-state index contributed by atoms with van der Waals surface area (Å²) in [5.41, 5.74) is 2.35. The molecule has 0 aliphatic carbocycles. The van der Waals surface area contributed by atoms with E-state index in [2.05, 4.69) is 10.5 Å². The van der Waals surface area contributed by atoms with Crippen LogP contribution >= 0.6 is 11.3 Å². The number of amides is 1. The molecule has 1 heterocycles. The minimum atomic E-state index is -0.447. The summed E-state index contributed by atoms with van der Waals surface area (Å²) in [5, 5.41) is 6.98. The first-order valence-electron chi connectivity index (χ1n) is 8.35. The van der Waals surface area contributed by atoms with Crippen molar-refractivity contribution in [3.8, 4) is 0 Å². The second kappa shape index (κ2) is 9.72. The van der Waals surface area contributed by atoms with Crippen molar-refractivity contribution in [2.24, 2.45) is 5.16 Å². The van der Waals surface area contributed by atoms with Crippen molar-refractivity contribution in [2.45, 2.75) is 27.2 Å². The Bertz CT molecular complexity index is 799. The van der Waals surface area contributed by atoms with Crippen molar-refractivity contribution in [3.63, 3.8) is 0 Å². The van der Waals surface area contributed by atoms with Gasteiger partial charge >= 0.3 is 5.97 Å². The molecule has 1 aromatic heterocycles. The molecule has 2 aromatic rings. The predicted molar refractivity (Wildman–Crippen MR) is 103 cm³/mol. The Morgan fingerprint density at radius 3 is 2.73 bits per heavy atom. The van der Waals surface area contributed by atoms with Crippen LogP contribution in [-0.4, -0.2) is 31.3 Å². The number of oxime groups is 1. The summed E-state index contributed by atoms with van der Waals surface area (Å²) in [6.07, 6.45) is 2.33. The van der Waals surface area contributed by atoms with Crippen LogP contribution in [0.4, 0.5) is 5.00 Å². The molecule has 0 saturated heterocycles. The summed E-state index contributed by atoms with van der Waals surface area (Å²) < 4.78 is 5.03. The smallest absolute Gasteiger partial charge is 0.341 e. The predicted octanol–water partition coefficient (Wildman–Crippen LogP) is 3.78. The maximum absolute atomic E-state index is 12.1. The third kappa shape index (κ3) is 5.42. The lowest BCUT2D eigenvalue weighted by Crippen LogP contribution is -2.18. The molecule has 0 fully saturated rings. The van der Waals surface area contributed by atoms with Crippen LogP contribution in [0.3, 0.4) is 0 Å². The Kier molecular flexibility index (Phi) is 7.35. The quantitative estimate of drug-likeness (QED) is 0.433. The number of thiophene rings is 1. The third-order valence-corrected chi connectivity index (χ3v) is 4.73. The number of hydrogen-bond donors (Lipinski definition) is 1. The first-order valence-corrected chi connectivity index (χ1v) is 9.17. The van der Waals surface area contributed by atoms with Crippen molar-refractivity contribution >= 4 is 34.4 Å². The van der Waals surface area contributed by atoms with Gasteiger partial charge in [-0.15, -0.1) is 11.3 Å². The summed E-state index contributed by atoms with van der Waals surface area (Å²) in [7, 11) is 0. The Morgan fingerprint density at radius 2 is 2.04 bits per heavy atom. The summed E-state index contributed by atoms with van der Waals surface area (Å²) in [5.74, 6) is -0.834. The van der Waals surface area contributed by atoms with Gasteiger partial charge in [0.25, 0.3) is 5.91 Å². The van der Waals surface area contributed by atoms with E-state index in [1.807, 2.05) is 38.1 Å². The van der Waals surface area contributed by atoms with Crippen LogP contribution < -0.4 is 5.32 Å². The summed E-state index contributed by atoms with van der Waals surface area (Å²) in [6, 6.07) is 9.46. The van der Waals surface area contributed by atoms with Gasteiger partial charge in [0.1, 0.15) is 5.00 Å².